The van der Waals surface area contributed by atoms with Crippen molar-refractivity contribution >= 4 is 5.97 Å². The van der Waals surface area contributed by atoms with Crippen LogP contribution in [0.4, 0.5) is 0 Å². The van der Waals surface area contributed by atoms with E-state index in [0.717, 1.165) is 0 Å². The summed E-state index contributed by atoms with van der Waals surface area (Å²) in [6, 6.07) is 8.48. The Kier molecular flexibility index (Phi) is 4.82. The van der Waals surface area contributed by atoms with Gasteiger partial charge in [-0.25, -0.2) is 9.59 Å². The van der Waals surface area contributed by atoms with E-state index in [1.54, 1.807) is 37.3 Å². The van der Waals surface area contributed by atoms with Crippen molar-refractivity contribution in [2.75, 3.05) is 6.61 Å². The molecule has 3 atom stereocenters. The minimum absolute atomic E-state index is 0.136. The van der Waals surface area contributed by atoms with Crippen molar-refractivity contribution in [1.29, 1.82) is 0 Å². The second-order valence-corrected chi connectivity index (χ2v) is 5.88. The van der Waals surface area contributed by atoms with Gasteiger partial charge in [0.1, 0.15) is 18.9 Å². The number of hydrogen-bond acceptors (Lipinski definition) is 6. The molecule has 132 valence electrons. The van der Waals surface area contributed by atoms with Gasteiger partial charge in [-0.2, -0.15) is 0 Å². The number of H-pyrrole nitrogens is 1. The molecule has 1 aliphatic rings. The van der Waals surface area contributed by atoms with Gasteiger partial charge in [0, 0.05) is 18.2 Å². The van der Waals surface area contributed by atoms with Crippen LogP contribution in [0, 0.1) is 6.92 Å². The highest BCUT2D eigenvalue weighted by Crippen LogP contribution is 2.27. The first-order valence-electron chi connectivity index (χ1n) is 7.83. The first-order chi connectivity index (χ1) is 12.0. The van der Waals surface area contributed by atoms with E-state index in [4.69, 9.17) is 9.47 Å². The molecular weight excluding hydrogens is 328 g/mol. The van der Waals surface area contributed by atoms with Gasteiger partial charge in [0.15, 0.2) is 0 Å². The van der Waals surface area contributed by atoms with Crippen LogP contribution in [0.2, 0.25) is 0 Å². The Morgan fingerprint density at radius 1 is 1.36 bits per heavy atom. The highest BCUT2D eigenvalue weighted by Gasteiger charge is 2.36. The molecule has 1 aromatic carbocycles. The van der Waals surface area contributed by atoms with Gasteiger partial charge in [0.05, 0.1) is 11.7 Å². The molecule has 1 aromatic heterocycles. The number of ether oxygens (including phenoxy) is 2. The fraction of sp³-hybridized carbons (Fsp3) is 0.353. The average molecular weight is 346 g/mol. The predicted molar refractivity (Wildman–Crippen MR) is 87.3 cm³/mol. The molecule has 0 radical (unpaired) electrons. The Morgan fingerprint density at radius 3 is 2.80 bits per heavy atom. The molecule has 1 aliphatic heterocycles. The van der Waals surface area contributed by atoms with Gasteiger partial charge < -0.3 is 14.6 Å². The van der Waals surface area contributed by atoms with Crippen LogP contribution < -0.4 is 11.2 Å². The predicted octanol–water partition coefficient (Wildman–Crippen LogP) is 0.350. The van der Waals surface area contributed by atoms with Crippen molar-refractivity contribution in [1.82, 2.24) is 9.55 Å². The topological polar surface area (TPSA) is 111 Å². The van der Waals surface area contributed by atoms with Crippen LogP contribution in [0.3, 0.4) is 0 Å². The van der Waals surface area contributed by atoms with E-state index in [2.05, 4.69) is 4.98 Å². The number of aromatic amines is 1. The molecule has 0 bridgehead atoms. The first kappa shape index (κ1) is 17.1. The van der Waals surface area contributed by atoms with Crippen LogP contribution in [-0.2, 0) is 9.47 Å². The molecule has 2 aromatic rings. The Hall–Kier alpha value is -2.71. The SMILES string of the molecule is Cc1cn([C@H]2C[C@@H](O)[C@@H](COC(=O)c3ccccc3)O2)c(=O)[nH]c1=O. The number of benzene rings is 1. The van der Waals surface area contributed by atoms with Crippen LogP contribution in [0.5, 0.6) is 0 Å². The molecule has 0 amide bonds. The normalized spacial score (nSPS) is 22.7. The second-order valence-electron chi connectivity index (χ2n) is 5.88. The maximum atomic E-state index is 11.9. The van der Waals surface area contributed by atoms with Crippen LogP contribution in [0.15, 0.2) is 46.1 Å². The third-order valence-electron chi connectivity index (χ3n) is 4.05. The number of nitrogens with one attached hydrogen (secondary N) is 1. The van der Waals surface area contributed by atoms with Crippen molar-refractivity contribution in [3.05, 3.63) is 68.5 Å². The zero-order valence-corrected chi connectivity index (χ0v) is 13.5. The van der Waals surface area contributed by atoms with Crippen molar-refractivity contribution in [3.8, 4) is 0 Å². The van der Waals surface area contributed by atoms with Crippen LogP contribution in [0.1, 0.15) is 28.6 Å². The fourth-order valence-corrected chi connectivity index (χ4v) is 2.65. The van der Waals surface area contributed by atoms with E-state index < -0.39 is 35.7 Å². The number of carbonyl (C=O) groups is 1. The summed E-state index contributed by atoms with van der Waals surface area (Å²) in [6.45, 7) is 1.43. The minimum atomic E-state index is -0.896. The Balaban J connectivity index is 1.66. The third kappa shape index (κ3) is 3.70. The molecule has 8 heteroatoms. The van der Waals surface area contributed by atoms with Crippen molar-refractivity contribution in [2.24, 2.45) is 0 Å². The summed E-state index contributed by atoms with van der Waals surface area (Å²) in [5.41, 5.74) is -0.321. The Bertz CT molecular complexity index is 873. The smallest absolute Gasteiger partial charge is 0.338 e. The van der Waals surface area contributed by atoms with Gasteiger partial charge in [0.25, 0.3) is 5.56 Å². The van der Waals surface area contributed by atoms with Crippen molar-refractivity contribution in [2.45, 2.75) is 31.8 Å². The van der Waals surface area contributed by atoms with Gasteiger partial charge >= 0.3 is 11.7 Å². The summed E-state index contributed by atoms with van der Waals surface area (Å²) in [5, 5.41) is 10.1. The number of rotatable bonds is 4. The van der Waals surface area contributed by atoms with Crippen molar-refractivity contribution < 1.29 is 19.4 Å². The summed E-state index contributed by atoms with van der Waals surface area (Å²) in [7, 11) is 0. The molecule has 0 aliphatic carbocycles. The zero-order valence-electron chi connectivity index (χ0n) is 13.5. The van der Waals surface area contributed by atoms with Crippen LogP contribution in [0.25, 0.3) is 0 Å². The monoisotopic (exact) mass is 346 g/mol. The highest BCUT2D eigenvalue weighted by molar-refractivity contribution is 5.89. The molecule has 0 spiro atoms. The van der Waals surface area contributed by atoms with Crippen LogP contribution in [-0.4, -0.2) is 39.4 Å². The van der Waals surface area contributed by atoms with E-state index in [0.29, 0.717) is 11.1 Å². The number of nitrogens with zero attached hydrogens (tertiary/aromatic N) is 1. The number of carbonyl (C=O) groups excluding carboxylic acids is 1. The number of aliphatic hydroxyl groups is 1. The second kappa shape index (κ2) is 7.04. The molecule has 25 heavy (non-hydrogen) atoms. The summed E-state index contributed by atoms with van der Waals surface area (Å²) >= 11 is 0. The van der Waals surface area contributed by atoms with E-state index in [1.165, 1.54) is 10.8 Å². The van der Waals surface area contributed by atoms with Crippen LogP contribution >= 0.6 is 0 Å². The lowest BCUT2D eigenvalue weighted by atomic mass is 10.2. The lowest BCUT2D eigenvalue weighted by Gasteiger charge is -2.16. The number of hydrogen-bond donors (Lipinski definition) is 2. The van der Waals surface area contributed by atoms with E-state index in [-0.39, 0.29) is 13.0 Å². The molecule has 0 saturated carbocycles. The van der Waals surface area contributed by atoms with Crippen molar-refractivity contribution in [3.63, 3.8) is 0 Å². The maximum Gasteiger partial charge on any atom is 0.338 e. The third-order valence-corrected chi connectivity index (χ3v) is 4.05. The number of esters is 1. The molecule has 1 fully saturated rings. The van der Waals surface area contributed by atoms with Gasteiger partial charge in [-0.1, -0.05) is 18.2 Å². The summed E-state index contributed by atoms with van der Waals surface area (Å²) < 4.78 is 12.0. The molecule has 2 heterocycles. The van der Waals surface area contributed by atoms with Gasteiger partial charge in [-0.15, -0.1) is 0 Å². The van der Waals surface area contributed by atoms with E-state index >= 15 is 0 Å². The average Bonchev–Trinajstić information content (AvgIpc) is 2.97. The quantitative estimate of drug-likeness (QED) is 0.773. The molecule has 3 rings (SSSR count). The van der Waals surface area contributed by atoms with E-state index in [1.807, 2.05) is 0 Å². The first-order valence-corrected chi connectivity index (χ1v) is 7.83. The maximum absolute atomic E-state index is 11.9. The van der Waals surface area contributed by atoms with Gasteiger partial charge in [-0.05, 0) is 19.1 Å². The largest absolute Gasteiger partial charge is 0.459 e. The zero-order chi connectivity index (χ0) is 18.0. The lowest BCUT2D eigenvalue weighted by molar-refractivity contribution is -0.0532. The van der Waals surface area contributed by atoms with Gasteiger partial charge in [0.2, 0.25) is 0 Å². The molecular formula is C17H18N2O6. The lowest BCUT2D eigenvalue weighted by Crippen LogP contribution is -2.33. The summed E-state index contributed by atoms with van der Waals surface area (Å²) in [5.74, 6) is -0.517. The minimum Gasteiger partial charge on any atom is -0.459 e. The summed E-state index contributed by atoms with van der Waals surface area (Å²) in [6.07, 6.45) is -0.849. The Labute approximate surface area is 142 Å². The van der Waals surface area contributed by atoms with E-state index in [9.17, 15) is 19.5 Å². The summed E-state index contributed by atoms with van der Waals surface area (Å²) in [4.78, 5) is 37.5. The Morgan fingerprint density at radius 2 is 2.08 bits per heavy atom. The standard InChI is InChI=1S/C17H18N2O6/c1-10-8-19(17(23)18-15(10)21)14-7-12(20)13(25-14)9-24-16(22)11-5-3-2-4-6-11/h2-6,8,12-14,20H,7,9H2,1H3,(H,18,21,23)/t12-,13-,14-/m1/s1. The molecule has 8 nitrogen and oxygen atoms in total. The fourth-order valence-electron chi connectivity index (χ4n) is 2.65. The molecule has 0 unspecified atom stereocenters. The number of aryl methyl sites for hydroxylation is 1. The highest BCUT2D eigenvalue weighted by atomic mass is 16.6. The number of aliphatic hydroxyl groups excluding tert-OH is 1. The molecule has 2 N–H and O–H groups in total. The van der Waals surface area contributed by atoms with Gasteiger partial charge in [-0.3, -0.25) is 14.3 Å². The number of aromatic nitrogens is 2. The molecule has 1 saturated heterocycles.